The van der Waals surface area contributed by atoms with Gasteiger partial charge in [-0.05, 0) is 48.6 Å². The van der Waals surface area contributed by atoms with Gasteiger partial charge in [0.15, 0.2) is 0 Å². The average Bonchev–Trinajstić information content (AvgIpc) is 2.94. The molecule has 1 heterocycles. The summed E-state index contributed by atoms with van der Waals surface area (Å²) in [6.07, 6.45) is 1.05. The number of rotatable bonds is 5. The normalized spacial score (nSPS) is 22.3. The summed E-state index contributed by atoms with van der Waals surface area (Å²) in [5.41, 5.74) is 0.736. The maximum Gasteiger partial charge on any atom is 0.319 e. The summed E-state index contributed by atoms with van der Waals surface area (Å²) in [6, 6.07) is 11.5. The molecule has 2 aromatic carbocycles. The second-order valence-corrected chi connectivity index (χ2v) is 7.08. The topological polar surface area (TPSA) is 66.4 Å². The number of nitrogens with one attached hydrogen (secondary N) is 1. The molecule has 0 aromatic heterocycles. The van der Waals surface area contributed by atoms with Gasteiger partial charge in [0.05, 0.1) is 0 Å². The Labute approximate surface area is 156 Å². The van der Waals surface area contributed by atoms with Crippen molar-refractivity contribution in [3.63, 3.8) is 0 Å². The van der Waals surface area contributed by atoms with Crippen LogP contribution in [0.3, 0.4) is 0 Å². The van der Waals surface area contributed by atoms with E-state index in [4.69, 9.17) is 11.6 Å². The highest BCUT2D eigenvalue weighted by Crippen LogP contribution is 2.35. The number of aliphatic carboxylic acids is 1. The zero-order valence-electron chi connectivity index (χ0n) is 14.3. The van der Waals surface area contributed by atoms with Crippen LogP contribution in [0.5, 0.6) is 0 Å². The summed E-state index contributed by atoms with van der Waals surface area (Å²) in [4.78, 5) is 23.6. The quantitative estimate of drug-likeness (QED) is 0.774. The lowest BCUT2D eigenvalue weighted by atomic mass is 9.81. The Hall–Kier alpha value is -2.40. The van der Waals surface area contributed by atoms with E-state index in [-0.39, 0.29) is 24.7 Å². The Morgan fingerprint density at radius 1 is 1.31 bits per heavy atom. The number of carboxylic acid groups (broad SMARTS) is 1. The molecule has 1 aliphatic rings. The molecule has 1 saturated heterocycles. The Morgan fingerprint density at radius 3 is 2.58 bits per heavy atom. The lowest BCUT2D eigenvalue weighted by Crippen LogP contribution is -2.38. The molecule has 3 rings (SSSR count). The highest BCUT2D eigenvalue weighted by molar-refractivity contribution is 6.30. The van der Waals surface area contributed by atoms with E-state index in [1.807, 2.05) is 12.1 Å². The van der Waals surface area contributed by atoms with Crippen LogP contribution in [0.25, 0.3) is 11.1 Å². The van der Waals surface area contributed by atoms with E-state index in [0.717, 1.165) is 5.56 Å². The fourth-order valence-corrected chi connectivity index (χ4v) is 3.65. The number of benzene rings is 2. The first-order valence-electron chi connectivity index (χ1n) is 8.44. The van der Waals surface area contributed by atoms with E-state index in [1.165, 1.54) is 12.1 Å². The lowest BCUT2D eigenvalue weighted by molar-refractivity contribution is -0.153. The van der Waals surface area contributed by atoms with Crippen molar-refractivity contribution < 1.29 is 19.1 Å². The van der Waals surface area contributed by atoms with Crippen LogP contribution in [0.2, 0.25) is 5.02 Å². The maximum atomic E-state index is 14.0. The number of carboxylic acids is 1. The maximum absolute atomic E-state index is 14.0. The molecule has 2 aromatic rings. The smallest absolute Gasteiger partial charge is 0.319 e. The van der Waals surface area contributed by atoms with Crippen LogP contribution in [0.15, 0.2) is 42.5 Å². The van der Waals surface area contributed by atoms with Gasteiger partial charge in [-0.15, -0.1) is 0 Å². The SMILES string of the molecule is CCC1(C(=O)O)CC(Cc2ccc(-c3cc(Cl)ccc3F)cc2)NC1=O. The van der Waals surface area contributed by atoms with Gasteiger partial charge in [-0.25, -0.2) is 4.39 Å². The van der Waals surface area contributed by atoms with E-state index in [2.05, 4.69) is 5.32 Å². The lowest BCUT2D eigenvalue weighted by Gasteiger charge is -2.18. The van der Waals surface area contributed by atoms with Crippen molar-refractivity contribution >= 4 is 23.5 Å². The number of amides is 1. The Morgan fingerprint density at radius 2 is 2.00 bits per heavy atom. The van der Waals surface area contributed by atoms with Crippen LogP contribution in [0, 0.1) is 11.2 Å². The molecule has 136 valence electrons. The van der Waals surface area contributed by atoms with Crippen molar-refractivity contribution in [2.24, 2.45) is 5.41 Å². The molecule has 0 bridgehead atoms. The second-order valence-electron chi connectivity index (χ2n) is 6.64. The predicted octanol–water partition coefficient (Wildman–Crippen LogP) is 4.06. The number of carbonyl (C=O) groups excluding carboxylic acids is 1. The fraction of sp³-hybridized carbons (Fsp3) is 0.300. The molecule has 2 atom stereocenters. The van der Waals surface area contributed by atoms with Gasteiger partial charge in [-0.3, -0.25) is 9.59 Å². The van der Waals surface area contributed by atoms with Crippen LogP contribution < -0.4 is 5.32 Å². The van der Waals surface area contributed by atoms with Crippen LogP contribution in [-0.4, -0.2) is 23.0 Å². The molecule has 4 nitrogen and oxygen atoms in total. The number of halogens is 2. The highest BCUT2D eigenvalue weighted by atomic mass is 35.5. The van der Waals surface area contributed by atoms with Gasteiger partial charge in [-0.2, -0.15) is 0 Å². The van der Waals surface area contributed by atoms with E-state index in [9.17, 15) is 19.1 Å². The van der Waals surface area contributed by atoms with E-state index in [1.54, 1.807) is 25.1 Å². The molecule has 1 fully saturated rings. The van der Waals surface area contributed by atoms with Gasteiger partial charge in [0.2, 0.25) is 5.91 Å². The minimum Gasteiger partial charge on any atom is -0.480 e. The summed E-state index contributed by atoms with van der Waals surface area (Å²) in [5, 5.41) is 12.7. The summed E-state index contributed by atoms with van der Waals surface area (Å²) in [7, 11) is 0. The van der Waals surface area contributed by atoms with Crippen molar-refractivity contribution in [1.29, 1.82) is 0 Å². The van der Waals surface area contributed by atoms with Crippen LogP contribution in [0.1, 0.15) is 25.3 Å². The first kappa shape index (κ1) is 18.4. The predicted molar refractivity (Wildman–Crippen MR) is 97.5 cm³/mol. The summed E-state index contributed by atoms with van der Waals surface area (Å²) < 4.78 is 14.0. The van der Waals surface area contributed by atoms with Crippen molar-refractivity contribution in [2.75, 3.05) is 0 Å². The number of hydrogen-bond donors (Lipinski definition) is 2. The summed E-state index contributed by atoms with van der Waals surface area (Å²) >= 11 is 5.94. The Bertz CT molecular complexity index is 853. The van der Waals surface area contributed by atoms with Gasteiger partial charge < -0.3 is 10.4 Å². The van der Waals surface area contributed by atoms with Crippen LogP contribution in [0.4, 0.5) is 4.39 Å². The molecule has 2 N–H and O–H groups in total. The summed E-state index contributed by atoms with van der Waals surface area (Å²) in [5.74, 6) is -1.85. The molecule has 0 spiro atoms. The molecular weight excluding hydrogens is 357 g/mol. The van der Waals surface area contributed by atoms with Gasteiger partial charge in [0.25, 0.3) is 0 Å². The molecule has 2 unspecified atom stereocenters. The molecule has 6 heteroatoms. The van der Waals surface area contributed by atoms with Gasteiger partial charge >= 0.3 is 5.97 Å². The van der Waals surface area contributed by atoms with Crippen molar-refractivity contribution in [1.82, 2.24) is 5.32 Å². The van der Waals surface area contributed by atoms with Crippen molar-refractivity contribution in [3.8, 4) is 11.1 Å². The second kappa shape index (κ2) is 7.08. The number of hydrogen-bond acceptors (Lipinski definition) is 2. The first-order valence-corrected chi connectivity index (χ1v) is 8.82. The van der Waals surface area contributed by atoms with E-state index in [0.29, 0.717) is 22.6 Å². The van der Waals surface area contributed by atoms with Crippen molar-refractivity contribution in [2.45, 2.75) is 32.2 Å². The molecule has 0 aliphatic carbocycles. The monoisotopic (exact) mass is 375 g/mol. The third-order valence-corrected chi connectivity index (χ3v) is 5.29. The van der Waals surface area contributed by atoms with Crippen LogP contribution >= 0.6 is 11.6 Å². The largest absolute Gasteiger partial charge is 0.480 e. The van der Waals surface area contributed by atoms with Gasteiger partial charge in [0.1, 0.15) is 11.2 Å². The number of carbonyl (C=O) groups is 2. The molecule has 0 radical (unpaired) electrons. The fourth-order valence-electron chi connectivity index (χ4n) is 3.48. The van der Waals surface area contributed by atoms with E-state index < -0.39 is 17.3 Å². The molecule has 1 amide bonds. The molecular formula is C20H19ClFNO3. The standard InChI is InChI=1S/C20H19ClFNO3/c1-2-20(19(25)26)11-15(23-18(20)24)9-12-3-5-13(6-4-12)16-10-14(21)7-8-17(16)22/h3-8,10,15H,2,9,11H2,1H3,(H,23,24)(H,25,26). The third-order valence-electron chi connectivity index (χ3n) is 5.05. The Kier molecular flexibility index (Phi) is 5.01. The third kappa shape index (κ3) is 3.31. The molecule has 26 heavy (non-hydrogen) atoms. The Balaban J connectivity index is 1.75. The minimum absolute atomic E-state index is 0.229. The summed E-state index contributed by atoms with van der Waals surface area (Å²) in [6.45, 7) is 1.71. The van der Waals surface area contributed by atoms with Gasteiger partial charge in [-0.1, -0.05) is 42.8 Å². The highest BCUT2D eigenvalue weighted by Gasteiger charge is 2.51. The zero-order chi connectivity index (χ0) is 18.9. The molecule has 1 aliphatic heterocycles. The first-order chi connectivity index (χ1) is 12.4. The van der Waals surface area contributed by atoms with E-state index >= 15 is 0 Å². The van der Waals surface area contributed by atoms with Crippen LogP contribution in [-0.2, 0) is 16.0 Å². The molecule has 0 saturated carbocycles. The van der Waals surface area contributed by atoms with Gasteiger partial charge in [0, 0.05) is 16.6 Å². The zero-order valence-corrected chi connectivity index (χ0v) is 15.0. The minimum atomic E-state index is -1.34. The van der Waals surface area contributed by atoms with Crippen molar-refractivity contribution in [3.05, 3.63) is 58.9 Å². The average molecular weight is 376 g/mol.